The maximum Gasteiger partial charge on any atom is 0.253 e. The van der Waals surface area contributed by atoms with Gasteiger partial charge in [-0.3, -0.25) is 4.79 Å². The predicted octanol–water partition coefficient (Wildman–Crippen LogP) is 1.99. The summed E-state index contributed by atoms with van der Waals surface area (Å²) in [6.45, 7) is 3.17. The number of aryl methyl sites for hydroxylation is 1. The SMILES string of the molecule is Cc1cc(NC23CCC2CN(C(=O)c2ccccc2)C3)nc(CO)n1. The van der Waals surface area contributed by atoms with Crippen molar-refractivity contribution in [1.29, 1.82) is 0 Å². The molecule has 0 spiro atoms. The van der Waals surface area contributed by atoms with Gasteiger partial charge in [-0.05, 0) is 31.9 Å². The van der Waals surface area contributed by atoms with Gasteiger partial charge in [-0.25, -0.2) is 9.97 Å². The fraction of sp³-hybridized carbons (Fsp3) is 0.421. The summed E-state index contributed by atoms with van der Waals surface area (Å²) in [4.78, 5) is 23.3. The normalized spacial score (nSPS) is 24.6. The van der Waals surface area contributed by atoms with Crippen molar-refractivity contribution in [2.45, 2.75) is 31.9 Å². The molecule has 0 radical (unpaired) electrons. The first-order valence-corrected chi connectivity index (χ1v) is 8.67. The van der Waals surface area contributed by atoms with Crippen LogP contribution in [0.15, 0.2) is 36.4 Å². The van der Waals surface area contributed by atoms with E-state index in [1.807, 2.05) is 48.2 Å². The van der Waals surface area contributed by atoms with Crippen molar-refractivity contribution in [2.24, 2.45) is 5.92 Å². The van der Waals surface area contributed by atoms with Gasteiger partial charge >= 0.3 is 0 Å². The zero-order chi connectivity index (χ0) is 17.4. The standard InChI is InChI=1S/C19H22N4O2/c1-13-9-16(21-17(11-24)20-13)22-19-8-7-15(19)10-23(12-19)18(25)14-5-3-2-4-6-14/h2-6,9,15,24H,7-8,10-12H2,1H3,(H,20,21,22). The van der Waals surface area contributed by atoms with Gasteiger partial charge in [0.2, 0.25) is 0 Å². The number of aliphatic hydroxyl groups excluding tert-OH is 1. The van der Waals surface area contributed by atoms with Crippen molar-refractivity contribution in [3.05, 3.63) is 53.5 Å². The fourth-order valence-corrected chi connectivity index (χ4v) is 3.98. The lowest BCUT2D eigenvalue weighted by Gasteiger charge is -2.44. The second-order valence-electron chi connectivity index (χ2n) is 7.04. The lowest BCUT2D eigenvalue weighted by Crippen LogP contribution is -2.53. The molecule has 2 fully saturated rings. The van der Waals surface area contributed by atoms with E-state index in [-0.39, 0.29) is 18.1 Å². The number of aromatic nitrogens is 2. The van der Waals surface area contributed by atoms with Crippen molar-refractivity contribution in [3.63, 3.8) is 0 Å². The molecule has 2 unspecified atom stereocenters. The third kappa shape index (κ3) is 2.87. The molecule has 4 rings (SSSR count). The van der Waals surface area contributed by atoms with Crippen LogP contribution in [-0.4, -0.2) is 44.5 Å². The molecule has 1 aliphatic carbocycles. The van der Waals surface area contributed by atoms with Crippen molar-refractivity contribution in [3.8, 4) is 0 Å². The molecule has 25 heavy (non-hydrogen) atoms. The van der Waals surface area contributed by atoms with E-state index in [9.17, 15) is 9.90 Å². The van der Waals surface area contributed by atoms with Crippen LogP contribution in [0, 0.1) is 12.8 Å². The third-order valence-corrected chi connectivity index (χ3v) is 5.36. The molecule has 6 heteroatoms. The summed E-state index contributed by atoms with van der Waals surface area (Å²) >= 11 is 0. The van der Waals surface area contributed by atoms with E-state index in [1.165, 1.54) is 0 Å². The zero-order valence-corrected chi connectivity index (χ0v) is 14.3. The van der Waals surface area contributed by atoms with E-state index in [1.54, 1.807) is 0 Å². The highest BCUT2D eigenvalue weighted by atomic mass is 16.3. The highest BCUT2D eigenvalue weighted by Crippen LogP contribution is 2.46. The quantitative estimate of drug-likeness (QED) is 0.891. The van der Waals surface area contributed by atoms with Crippen molar-refractivity contribution in [2.75, 3.05) is 18.4 Å². The fourth-order valence-electron chi connectivity index (χ4n) is 3.98. The maximum atomic E-state index is 12.8. The topological polar surface area (TPSA) is 78.4 Å². The first-order chi connectivity index (χ1) is 12.1. The van der Waals surface area contributed by atoms with Crippen LogP contribution in [0.2, 0.25) is 0 Å². The Morgan fingerprint density at radius 1 is 1.36 bits per heavy atom. The van der Waals surface area contributed by atoms with Gasteiger partial charge in [-0.2, -0.15) is 0 Å². The Labute approximate surface area is 146 Å². The van der Waals surface area contributed by atoms with Crippen molar-refractivity contribution in [1.82, 2.24) is 14.9 Å². The van der Waals surface area contributed by atoms with Crippen molar-refractivity contribution >= 4 is 11.7 Å². The molecule has 2 atom stereocenters. The number of fused-ring (bicyclic) bond motifs is 1. The number of aliphatic hydroxyl groups is 1. The number of carbonyl (C=O) groups excluding carboxylic acids is 1. The highest BCUT2D eigenvalue weighted by Gasteiger charge is 2.54. The Hall–Kier alpha value is -2.47. The number of likely N-dealkylation sites (tertiary alicyclic amines) is 1. The maximum absolute atomic E-state index is 12.8. The number of hydrogen-bond donors (Lipinski definition) is 2. The molecule has 1 aliphatic heterocycles. The summed E-state index contributed by atoms with van der Waals surface area (Å²) in [5, 5.41) is 12.9. The number of amides is 1. The van der Waals surface area contributed by atoms with Crippen LogP contribution < -0.4 is 5.32 Å². The number of nitrogens with zero attached hydrogens (tertiary/aromatic N) is 3. The molecule has 1 amide bonds. The average molecular weight is 338 g/mol. The number of anilines is 1. The summed E-state index contributed by atoms with van der Waals surface area (Å²) in [6, 6.07) is 11.3. The van der Waals surface area contributed by atoms with E-state index in [0.717, 1.165) is 36.5 Å². The Bertz CT molecular complexity index is 795. The molecule has 2 heterocycles. The molecule has 130 valence electrons. The van der Waals surface area contributed by atoms with Crippen LogP contribution in [0.25, 0.3) is 0 Å². The third-order valence-electron chi connectivity index (χ3n) is 5.36. The average Bonchev–Trinajstić information content (AvgIpc) is 2.86. The van der Waals surface area contributed by atoms with E-state index in [2.05, 4.69) is 15.3 Å². The van der Waals surface area contributed by atoms with Crippen LogP contribution in [-0.2, 0) is 6.61 Å². The van der Waals surface area contributed by atoms with Gasteiger partial charge in [0, 0.05) is 36.3 Å². The van der Waals surface area contributed by atoms with E-state index >= 15 is 0 Å². The monoisotopic (exact) mass is 338 g/mol. The minimum atomic E-state index is -0.175. The molecule has 1 aromatic carbocycles. The second-order valence-corrected chi connectivity index (χ2v) is 7.04. The predicted molar refractivity (Wildman–Crippen MR) is 94.1 cm³/mol. The molecule has 1 aromatic heterocycles. The molecule has 1 saturated carbocycles. The molecule has 0 bridgehead atoms. The Morgan fingerprint density at radius 3 is 2.84 bits per heavy atom. The van der Waals surface area contributed by atoms with E-state index < -0.39 is 0 Å². The van der Waals surface area contributed by atoms with Gasteiger partial charge in [0.05, 0.1) is 5.54 Å². The Kier molecular flexibility index (Phi) is 3.92. The Balaban J connectivity index is 1.53. The number of benzene rings is 1. The molecule has 1 saturated heterocycles. The van der Waals surface area contributed by atoms with Crippen LogP contribution in [0.5, 0.6) is 0 Å². The zero-order valence-electron chi connectivity index (χ0n) is 14.3. The Morgan fingerprint density at radius 2 is 2.16 bits per heavy atom. The number of hydrogen-bond acceptors (Lipinski definition) is 5. The molecule has 6 nitrogen and oxygen atoms in total. The highest BCUT2D eigenvalue weighted by molar-refractivity contribution is 5.94. The van der Waals surface area contributed by atoms with Crippen LogP contribution in [0.1, 0.15) is 34.7 Å². The van der Waals surface area contributed by atoms with Crippen LogP contribution in [0.3, 0.4) is 0 Å². The van der Waals surface area contributed by atoms with E-state index in [4.69, 9.17) is 0 Å². The van der Waals surface area contributed by atoms with Gasteiger partial charge in [0.25, 0.3) is 5.91 Å². The molecule has 2 N–H and O–H groups in total. The number of rotatable bonds is 4. The lowest BCUT2D eigenvalue weighted by atomic mass is 9.69. The summed E-state index contributed by atoms with van der Waals surface area (Å²) in [5.41, 5.74) is 1.45. The second kappa shape index (κ2) is 6.11. The molecular formula is C19H22N4O2. The summed E-state index contributed by atoms with van der Waals surface area (Å²) < 4.78 is 0. The van der Waals surface area contributed by atoms with Gasteiger partial charge in [-0.15, -0.1) is 0 Å². The number of nitrogens with one attached hydrogen (secondary N) is 1. The van der Waals surface area contributed by atoms with Gasteiger partial charge in [-0.1, -0.05) is 18.2 Å². The summed E-state index contributed by atoms with van der Waals surface area (Å²) in [6.07, 6.45) is 2.14. The van der Waals surface area contributed by atoms with Gasteiger partial charge in [0.15, 0.2) is 5.82 Å². The van der Waals surface area contributed by atoms with Gasteiger partial charge in [0.1, 0.15) is 12.4 Å². The van der Waals surface area contributed by atoms with Crippen LogP contribution in [0.4, 0.5) is 5.82 Å². The molecular weight excluding hydrogens is 316 g/mol. The minimum absolute atomic E-state index is 0.0890. The largest absolute Gasteiger partial charge is 0.388 e. The van der Waals surface area contributed by atoms with Crippen LogP contribution >= 0.6 is 0 Å². The van der Waals surface area contributed by atoms with Gasteiger partial charge < -0.3 is 15.3 Å². The molecule has 2 aliphatic rings. The van der Waals surface area contributed by atoms with E-state index in [0.29, 0.717) is 18.3 Å². The molecule has 2 aromatic rings. The smallest absolute Gasteiger partial charge is 0.253 e. The lowest BCUT2D eigenvalue weighted by molar-refractivity contribution is 0.0786. The van der Waals surface area contributed by atoms with Crippen molar-refractivity contribution < 1.29 is 9.90 Å². The first-order valence-electron chi connectivity index (χ1n) is 8.67. The first kappa shape index (κ1) is 16.0. The summed E-state index contributed by atoms with van der Waals surface area (Å²) in [7, 11) is 0. The number of carbonyl (C=O) groups is 1. The summed E-state index contributed by atoms with van der Waals surface area (Å²) in [5.74, 6) is 1.68. The minimum Gasteiger partial charge on any atom is -0.388 e.